The zero-order valence-corrected chi connectivity index (χ0v) is 31.3. The van der Waals surface area contributed by atoms with Crippen molar-refractivity contribution in [2.24, 2.45) is 0 Å². The molecule has 0 unspecified atom stereocenters. The Morgan fingerprint density at radius 2 is 0.907 bits per heavy atom. The molecule has 0 aliphatic rings. The monoisotopic (exact) mass is 772 g/mol. The van der Waals surface area contributed by atoms with Gasteiger partial charge in [0, 0.05) is 9.75 Å². The fraction of sp³-hybridized carbons (Fsp3) is 0.588. The topological polar surface area (TPSA) is 52.6 Å². The summed E-state index contributed by atoms with van der Waals surface area (Å²) in [5, 5.41) is 0. The highest BCUT2D eigenvalue weighted by Gasteiger charge is 2.23. The van der Waals surface area contributed by atoms with Gasteiger partial charge in [0.25, 0.3) is 0 Å². The zero-order chi connectivity index (χ0) is 30.9. The Labute approximate surface area is 287 Å². The maximum atomic E-state index is 13.0. The number of rotatable bonds is 22. The van der Waals surface area contributed by atoms with Crippen molar-refractivity contribution in [3.63, 3.8) is 0 Å². The van der Waals surface area contributed by atoms with Crippen LogP contribution in [-0.4, -0.2) is 25.2 Å². The van der Waals surface area contributed by atoms with Crippen LogP contribution in [0.3, 0.4) is 0 Å². The van der Waals surface area contributed by atoms with E-state index in [0.29, 0.717) is 24.3 Å². The van der Waals surface area contributed by atoms with E-state index in [2.05, 4.69) is 45.7 Å². The van der Waals surface area contributed by atoms with Gasteiger partial charge in [0.1, 0.15) is 0 Å². The third-order valence-electron chi connectivity index (χ3n) is 7.36. The quantitative estimate of drug-likeness (QED) is 0.0753. The highest BCUT2D eigenvalue weighted by atomic mass is 79.9. The first-order chi connectivity index (χ1) is 20.9. The van der Waals surface area contributed by atoms with Crippen molar-refractivity contribution in [3.05, 3.63) is 43.0 Å². The number of hydrogen-bond acceptors (Lipinski definition) is 7. The molecule has 9 heteroatoms. The summed E-state index contributed by atoms with van der Waals surface area (Å²) in [6.45, 7) is 5.37. The SMILES string of the molecule is CCCCCCCCCCOC(=O)c1cc(Br)sc1-c1ccc(-c2sc(Br)cc2C(=O)OCCCCCCCCCC)s1. The summed E-state index contributed by atoms with van der Waals surface area (Å²) >= 11 is 11.8. The van der Waals surface area contributed by atoms with Gasteiger partial charge in [-0.1, -0.05) is 104 Å². The van der Waals surface area contributed by atoms with Crippen LogP contribution in [-0.2, 0) is 9.47 Å². The lowest BCUT2D eigenvalue weighted by atomic mass is 10.1. The van der Waals surface area contributed by atoms with Gasteiger partial charge < -0.3 is 9.47 Å². The van der Waals surface area contributed by atoms with Gasteiger partial charge in [0.2, 0.25) is 0 Å². The van der Waals surface area contributed by atoms with Crippen LogP contribution in [0.1, 0.15) is 137 Å². The van der Waals surface area contributed by atoms with Gasteiger partial charge in [-0.05, 0) is 69.0 Å². The highest BCUT2D eigenvalue weighted by Crippen LogP contribution is 2.45. The van der Waals surface area contributed by atoms with Gasteiger partial charge in [-0.2, -0.15) is 0 Å². The number of carbonyl (C=O) groups is 2. The van der Waals surface area contributed by atoms with E-state index in [1.165, 1.54) is 99.7 Å². The van der Waals surface area contributed by atoms with Crippen molar-refractivity contribution in [1.82, 2.24) is 0 Å². The molecule has 3 heterocycles. The number of ether oxygens (including phenoxy) is 2. The minimum Gasteiger partial charge on any atom is -0.462 e. The fourth-order valence-corrected chi connectivity index (χ4v) is 9.36. The lowest BCUT2D eigenvalue weighted by Crippen LogP contribution is -2.06. The van der Waals surface area contributed by atoms with Gasteiger partial charge >= 0.3 is 11.9 Å². The summed E-state index contributed by atoms with van der Waals surface area (Å²) in [6.07, 6.45) is 19.3. The van der Waals surface area contributed by atoms with Crippen LogP contribution in [0.15, 0.2) is 31.8 Å². The third kappa shape index (κ3) is 12.7. The molecule has 0 fully saturated rings. The van der Waals surface area contributed by atoms with E-state index >= 15 is 0 Å². The van der Waals surface area contributed by atoms with Crippen molar-refractivity contribution in [3.8, 4) is 19.5 Å². The van der Waals surface area contributed by atoms with Crippen LogP contribution in [0.2, 0.25) is 0 Å². The van der Waals surface area contributed by atoms with Gasteiger partial charge in [0.15, 0.2) is 0 Å². The lowest BCUT2D eigenvalue weighted by molar-refractivity contribution is 0.0490. The Morgan fingerprint density at radius 1 is 0.558 bits per heavy atom. The lowest BCUT2D eigenvalue weighted by Gasteiger charge is -2.06. The predicted octanol–water partition coefficient (Wildman–Crippen LogP) is 13.3. The number of halogens is 2. The van der Waals surface area contributed by atoms with Crippen molar-refractivity contribution >= 4 is 77.8 Å². The van der Waals surface area contributed by atoms with Crippen LogP contribution in [0.5, 0.6) is 0 Å². The van der Waals surface area contributed by atoms with Crippen LogP contribution >= 0.6 is 65.9 Å². The molecule has 0 saturated heterocycles. The third-order valence-corrected chi connectivity index (χ3v) is 12.1. The van der Waals surface area contributed by atoms with Crippen LogP contribution < -0.4 is 0 Å². The molecular weight excluding hydrogens is 728 g/mol. The Morgan fingerprint density at radius 3 is 1.28 bits per heavy atom. The molecule has 0 atom stereocenters. The summed E-state index contributed by atoms with van der Waals surface area (Å²) in [7, 11) is 0. The Bertz CT molecular complexity index is 1150. The maximum Gasteiger partial charge on any atom is 0.339 e. The normalized spacial score (nSPS) is 11.3. The largest absolute Gasteiger partial charge is 0.462 e. The average Bonchev–Trinajstić information content (AvgIpc) is 3.73. The molecule has 0 saturated carbocycles. The first-order valence-corrected chi connectivity index (χ1v) is 20.0. The summed E-state index contributed by atoms with van der Waals surface area (Å²) < 4.78 is 13.1. The predicted molar refractivity (Wildman–Crippen MR) is 192 cm³/mol. The summed E-state index contributed by atoms with van der Waals surface area (Å²) in [5.41, 5.74) is 1.17. The second-order valence-electron chi connectivity index (χ2n) is 11.0. The molecule has 0 amide bonds. The number of hydrogen-bond donors (Lipinski definition) is 0. The minimum absolute atomic E-state index is 0.279. The number of unbranched alkanes of at least 4 members (excludes halogenated alkanes) is 14. The fourth-order valence-electron chi connectivity index (χ4n) is 4.93. The van der Waals surface area contributed by atoms with E-state index in [9.17, 15) is 9.59 Å². The van der Waals surface area contributed by atoms with Crippen molar-refractivity contribution < 1.29 is 19.1 Å². The average molecular weight is 775 g/mol. The molecule has 0 aromatic carbocycles. The van der Waals surface area contributed by atoms with Crippen LogP contribution in [0.25, 0.3) is 19.5 Å². The molecule has 43 heavy (non-hydrogen) atoms. The first kappa shape index (κ1) is 36.5. The molecule has 0 aliphatic heterocycles. The number of thiophene rings is 3. The number of esters is 2. The van der Waals surface area contributed by atoms with Gasteiger partial charge in [-0.15, -0.1) is 34.0 Å². The second-order valence-corrected chi connectivity index (χ2v) is 16.9. The summed E-state index contributed by atoms with van der Waals surface area (Å²) in [5.74, 6) is -0.558. The molecule has 4 nitrogen and oxygen atoms in total. The Balaban J connectivity index is 1.53. The van der Waals surface area contributed by atoms with Crippen LogP contribution in [0, 0.1) is 0 Å². The van der Waals surface area contributed by atoms with E-state index in [1.54, 1.807) is 11.3 Å². The van der Waals surface area contributed by atoms with E-state index in [0.717, 1.165) is 52.8 Å². The minimum atomic E-state index is -0.279. The maximum absolute atomic E-state index is 13.0. The van der Waals surface area contributed by atoms with E-state index in [1.807, 2.05) is 24.3 Å². The zero-order valence-electron chi connectivity index (χ0n) is 25.7. The molecule has 0 bridgehead atoms. The standard InChI is InChI=1S/C34H46Br2O4S3/c1-3-5-7-9-11-13-15-17-21-39-33(37)25-23-29(35)42-31(25)27-19-20-28(41-27)32-26(24-30(36)43-32)34(38)40-22-18-16-14-12-10-8-6-4-2/h19-20,23-24H,3-18,21-22H2,1-2H3. The van der Waals surface area contributed by atoms with E-state index in [4.69, 9.17) is 9.47 Å². The number of carbonyl (C=O) groups excluding carboxylic acids is 2. The Hall–Kier alpha value is -1.00. The molecule has 3 aromatic heterocycles. The molecule has 0 N–H and O–H groups in total. The highest BCUT2D eigenvalue weighted by molar-refractivity contribution is 9.11. The molecule has 0 spiro atoms. The summed E-state index contributed by atoms with van der Waals surface area (Å²) in [6, 6.07) is 7.75. The first-order valence-electron chi connectivity index (χ1n) is 16.0. The van der Waals surface area contributed by atoms with Crippen LogP contribution in [0.4, 0.5) is 0 Å². The molecular formula is C34H46Br2O4S3. The molecule has 0 radical (unpaired) electrons. The molecule has 238 valence electrons. The summed E-state index contributed by atoms with van der Waals surface area (Å²) in [4.78, 5) is 29.8. The van der Waals surface area contributed by atoms with Crippen molar-refractivity contribution in [2.75, 3.05) is 13.2 Å². The molecule has 3 rings (SSSR count). The Kier molecular flexibility index (Phi) is 17.7. The molecule has 3 aromatic rings. The van der Waals surface area contributed by atoms with Gasteiger partial charge in [0.05, 0.1) is 41.7 Å². The van der Waals surface area contributed by atoms with Gasteiger partial charge in [-0.25, -0.2) is 9.59 Å². The smallest absolute Gasteiger partial charge is 0.339 e. The van der Waals surface area contributed by atoms with E-state index in [-0.39, 0.29) is 11.9 Å². The second kappa shape index (κ2) is 20.9. The van der Waals surface area contributed by atoms with Gasteiger partial charge in [-0.3, -0.25) is 0 Å². The molecule has 0 aliphatic carbocycles. The van der Waals surface area contributed by atoms with E-state index < -0.39 is 0 Å². The van der Waals surface area contributed by atoms with Crippen molar-refractivity contribution in [2.45, 2.75) is 117 Å². The van der Waals surface area contributed by atoms with Crippen molar-refractivity contribution in [1.29, 1.82) is 0 Å².